The first kappa shape index (κ1) is 9.82. The fraction of sp³-hybridized carbons (Fsp3) is 0.500. The highest BCUT2D eigenvalue weighted by Gasteiger charge is 2.18. The lowest BCUT2D eigenvalue weighted by Crippen LogP contribution is -2.31. The number of hydrogen-bond acceptors (Lipinski definition) is 2. The van der Waals surface area contributed by atoms with Gasteiger partial charge in [-0.2, -0.15) is 0 Å². The molecule has 0 saturated carbocycles. The first-order valence-electron chi connectivity index (χ1n) is 4.34. The monoisotopic (exact) mass is 179 g/mol. The molecule has 1 rings (SSSR count). The molecular weight excluding hydrogens is 166 g/mol. The van der Waals surface area contributed by atoms with Crippen LogP contribution in [0.3, 0.4) is 0 Å². The zero-order valence-corrected chi connectivity index (χ0v) is 7.45. The maximum atomic E-state index is 11.3. The molecule has 0 aliphatic heterocycles. The molecule has 13 heavy (non-hydrogen) atoms. The van der Waals surface area contributed by atoms with Crippen LogP contribution in [0.1, 0.15) is 19.3 Å². The molecule has 1 N–H and O–H groups in total. The highest BCUT2D eigenvalue weighted by molar-refractivity contribution is 5.77. The highest BCUT2D eigenvalue weighted by Crippen LogP contribution is 2.17. The third-order valence-corrected chi connectivity index (χ3v) is 1.97. The number of amides is 1. The van der Waals surface area contributed by atoms with Crippen LogP contribution >= 0.6 is 0 Å². The first-order valence-corrected chi connectivity index (χ1v) is 4.34. The topological polar surface area (TPSA) is 38.3 Å². The van der Waals surface area contributed by atoms with Gasteiger partial charge in [0.25, 0.3) is 0 Å². The van der Waals surface area contributed by atoms with Crippen LogP contribution in [-0.4, -0.2) is 12.5 Å². The Kier molecular flexibility index (Phi) is 4.07. The standard InChI is InChI=1S/C10H13NO2/c1-2-8-13-11-10(12)9-6-4-3-5-7-9/h1,3-4,9H,5-8H2,(H,11,12). The molecule has 0 radical (unpaired) electrons. The van der Waals surface area contributed by atoms with E-state index < -0.39 is 0 Å². The van der Waals surface area contributed by atoms with Crippen molar-refractivity contribution in [3.63, 3.8) is 0 Å². The fourth-order valence-corrected chi connectivity index (χ4v) is 1.26. The highest BCUT2D eigenvalue weighted by atomic mass is 16.6. The molecule has 1 aliphatic rings. The van der Waals surface area contributed by atoms with Gasteiger partial charge in [-0.25, -0.2) is 5.48 Å². The summed E-state index contributed by atoms with van der Waals surface area (Å²) in [7, 11) is 0. The van der Waals surface area contributed by atoms with E-state index in [1.807, 2.05) is 6.08 Å². The number of nitrogens with one attached hydrogen (secondary N) is 1. The van der Waals surface area contributed by atoms with Crippen molar-refractivity contribution in [2.24, 2.45) is 5.92 Å². The summed E-state index contributed by atoms with van der Waals surface area (Å²) in [5.41, 5.74) is 2.34. The zero-order valence-electron chi connectivity index (χ0n) is 7.45. The SMILES string of the molecule is C#CCONC(=O)C1CC=CCC1. The van der Waals surface area contributed by atoms with Gasteiger partial charge in [0.15, 0.2) is 0 Å². The van der Waals surface area contributed by atoms with Crippen molar-refractivity contribution in [3.8, 4) is 12.3 Å². The molecule has 0 spiro atoms. The number of carbonyl (C=O) groups is 1. The molecule has 70 valence electrons. The second-order valence-electron chi connectivity index (χ2n) is 2.94. The van der Waals surface area contributed by atoms with E-state index in [9.17, 15) is 4.79 Å². The van der Waals surface area contributed by atoms with E-state index in [1.165, 1.54) is 0 Å². The van der Waals surface area contributed by atoms with Crippen LogP contribution in [0.2, 0.25) is 0 Å². The summed E-state index contributed by atoms with van der Waals surface area (Å²) in [5, 5.41) is 0. The fourth-order valence-electron chi connectivity index (χ4n) is 1.26. The normalized spacial score (nSPS) is 20.7. The zero-order chi connectivity index (χ0) is 9.52. The van der Waals surface area contributed by atoms with E-state index in [0.29, 0.717) is 0 Å². The number of allylic oxidation sites excluding steroid dienone is 2. The molecule has 3 heteroatoms. The van der Waals surface area contributed by atoms with Crippen LogP contribution in [0.25, 0.3) is 0 Å². The smallest absolute Gasteiger partial charge is 0.246 e. The number of rotatable bonds is 3. The molecule has 1 amide bonds. The van der Waals surface area contributed by atoms with Gasteiger partial charge in [0, 0.05) is 5.92 Å². The van der Waals surface area contributed by atoms with Crippen molar-refractivity contribution < 1.29 is 9.63 Å². The third kappa shape index (κ3) is 3.30. The maximum Gasteiger partial charge on any atom is 0.246 e. The number of hydroxylamine groups is 1. The van der Waals surface area contributed by atoms with Crippen molar-refractivity contribution in [2.75, 3.05) is 6.61 Å². The van der Waals surface area contributed by atoms with E-state index in [4.69, 9.17) is 11.3 Å². The summed E-state index contributed by atoms with van der Waals surface area (Å²) in [4.78, 5) is 16.1. The summed E-state index contributed by atoms with van der Waals surface area (Å²) in [5.74, 6) is 2.25. The van der Waals surface area contributed by atoms with E-state index in [-0.39, 0.29) is 18.4 Å². The van der Waals surface area contributed by atoms with Gasteiger partial charge >= 0.3 is 0 Å². The Hall–Kier alpha value is -1.27. The van der Waals surface area contributed by atoms with Gasteiger partial charge in [-0.15, -0.1) is 6.42 Å². The van der Waals surface area contributed by atoms with E-state index in [0.717, 1.165) is 19.3 Å². The van der Waals surface area contributed by atoms with E-state index >= 15 is 0 Å². The lowest BCUT2D eigenvalue weighted by Gasteiger charge is -2.16. The van der Waals surface area contributed by atoms with Gasteiger partial charge in [0.2, 0.25) is 5.91 Å². The van der Waals surface area contributed by atoms with Crippen molar-refractivity contribution in [1.29, 1.82) is 0 Å². The Morgan fingerprint density at radius 1 is 1.69 bits per heavy atom. The second kappa shape index (κ2) is 5.39. The minimum atomic E-state index is -0.0698. The average molecular weight is 179 g/mol. The van der Waals surface area contributed by atoms with E-state index in [2.05, 4.69) is 17.5 Å². The van der Waals surface area contributed by atoms with Crippen LogP contribution in [0.5, 0.6) is 0 Å². The van der Waals surface area contributed by atoms with E-state index in [1.54, 1.807) is 0 Å². The minimum absolute atomic E-state index is 0.0442. The predicted octanol–water partition coefficient (Wildman–Crippen LogP) is 1.02. The van der Waals surface area contributed by atoms with Gasteiger partial charge in [-0.3, -0.25) is 9.63 Å². The van der Waals surface area contributed by atoms with Crippen LogP contribution < -0.4 is 5.48 Å². The quantitative estimate of drug-likeness (QED) is 0.304. The minimum Gasteiger partial charge on any atom is -0.272 e. The molecule has 3 nitrogen and oxygen atoms in total. The molecule has 0 bridgehead atoms. The average Bonchev–Trinajstić information content (AvgIpc) is 2.19. The Labute approximate surface area is 78.1 Å². The summed E-state index contributed by atoms with van der Waals surface area (Å²) >= 11 is 0. The molecule has 1 aliphatic carbocycles. The summed E-state index contributed by atoms with van der Waals surface area (Å²) in [6.45, 7) is 0.119. The number of terminal acetylenes is 1. The number of carbonyl (C=O) groups excluding carboxylic acids is 1. The van der Waals surface area contributed by atoms with Crippen molar-refractivity contribution in [3.05, 3.63) is 12.2 Å². The molecule has 0 heterocycles. The Morgan fingerprint density at radius 2 is 2.54 bits per heavy atom. The lowest BCUT2D eigenvalue weighted by atomic mass is 9.94. The van der Waals surface area contributed by atoms with Gasteiger partial charge < -0.3 is 0 Å². The van der Waals surface area contributed by atoms with Crippen LogP contribution in [0.15, 0.2) is 12.2 Å². The third-order valence-electron chi connectivity index (χ3n) is 1.97. The number of hydrogen-bond donors (Lipinski definition) is 1. The van der Waals surface area contributed by atoms with Gasteiger partial charge in [-0.05, 0) is 19.3 Å². The van der Waals surface area contributed by atoms with Crippen LogP contribution in [-0.2, 0) is 9.63 Å². The van der Waals surface area contributed by atoms with Gasteiger partial charge in [-0.1, -0.05) is 18.1 Å². The lowest BCUT2D eigenvalue weighted by molar-refractivity contribution is -0.136. The largest absolute Gasteiger partial charge is 0.272 e. The Morgan fingerprint density at radius 3 is 3.15 bits per heavy atom. The molecule has 0 saturated heterocycles. The Bertz CT molecular complexity index is 240. The van der Waals surface area contributed by atoms with Gasteiger partial charge in [0.1, 0.15) is 6.61 Å². The second-order valence-corrected chi connectivity index (χ2v) is 2.94. The van der Waals surface area contributed by atoms with Crippen LogP contribution in [0.4, 0.5) is 0 Å². The molecule has 0 aromatic heterocycles. The van der Waals surface area contributed by atoms with Crippen molar-refractivity contribution in [1.82, 2.24) is 5.48 Å². The van der Waals surface area contributed by atoms with Crippen molar-refractivity contribution >= 4 is 5.91 Å². The molecule has 1 atom stereocenters. The summed E-state index contributed by atoms with van der Waals surface area (Å²) in [6.07, 6.45) is 11.7. The molecule has 1 unspecified atom stereocenters. The Balaban J connectivity index is 2.23. The van der Waals surface area contributed by atoms with Gasteiger partial charge in [0.05, 0.1) is 0 Å². The van der Waals surface area contributed by atoms with Crippen molar-refractivity contribution in [2.45, 2.75) is 19.3 Å². The van der Waals surface area contributed by atoms with Crippen LogP contribution in [0, 0.1) is 18.3 Å². The maximum absolute atomic E-state index is 11.3. The predicted molar refractivity (Wildman–Crippen MR) is 49.4 cm³/mol. The summed E-state index contributed by atoms with van der Waals surface area (Å²) < 4.78 is 0. The molecule has 0 aromatic rings. The molecule has 0 fully saturated rings. The molecular formula is C10H13NO2. The molecule has 0 aromatic carbocycles. The summed E-state index contributed by atoms with van der Waals surface area (Å²) in [6, 6.07) is 0. The first-order chi connectivity index (χ1) is 6.34.